The molecule has 7 heteroatoms. The summed E-state index contributed by atoms with van der Waals surface area (Å²) in [6.45, 7) is 7.91. The number of thiazole rings is 1. The van der Waals surface area contributed by atoms with Crippen molar-refractivity contribution < 1.29 is 9.53 Å². The lowest BCUT2D eigenvalue weighted by Crippen LogP contribution is -2.40. The number of fused-ring (bicyclic) bond motifs is 1. The number of hydrogen-bond acceptors (Lipinski definition) is 6. The van der Waals surface area contributed by atoms with Crippen LogP contribution >= 0.6 is 11.3 Å². The smallest absolute Gasteiger partial charge is 0.338 e. The van der Waals surface area contributed by atoms with Crippen LogP contribution in [0.3, 0.4) is 0 Å². The average Bonchev–Trinajstić information content (AvgIpc) is 3.09. The summed E-state index contributed by atoms with van der Waals surface area (Å²) in [6.07, 6.45) is 1.71. The molecule has 0 bridgehead atoms. The van der Waals surface area contributed by atoms with Gasteiger partial charge >= 0.3 is 5.97 Å². The summed E-state index contributed by atoms with van der Waals surface area (Å²) in [5, 5.41) is 3.22. The molecule has 1 aliphatic heterocycles. The van der Waals surface area contributed by atoms with Gasteiger partial charge in [-0.25, -0.2) is 9.79 Å². The van der Waals surface area contributed by atoms with E-state index in [0.717, 1.165) is 11.3 Å². The molecule has 0 aliphatic carbocycles. The number of benzene rings is 2. The van der Waals surface area contributed by atoms with Crippen LogP contribution in [0.4, 0.5) is 5.69 Å². The van der Waals surface area contributed by atoms with E-state index >= 15 is 0 Å². The average molecular weight is 448 g/mol. The molecule has 164 valence electrons. The van der Waals surface area contributed by atoms with Crippen molar-refractivity contribution in [3.63, 3.8) is 0 Å². The second-order valence-electron chi connectivity index (χ2n) is 7.66. The van der Waals surface area contributed by atoms with Crippen LogP contribution in [-0.4, -0.2) is 17.1 Å². The summed E-state index contributed by atoms with van der Waals surface area (Å²) < 4.78 is 7.41. The normalized spacial score (nSPS) is 15.9. The largest absolute Gasteiger partial charge is 0.463 e. The minimum atomic E-state index is -0.588. The van der Waals surface area contributed by atoms with Crippen LogP contribution in [0.15, 0.2) is 69.6 Å². The van der Waals surface area contributed by atoms with Crippen LogP contribution in [0.5, 0.6) is 0 Å². The number of carbonyl (C=O) groups is 1. The maximum Gasteiger partial charge on any atom is 0.338 e. The first kappa shape index (κ1) is 21.8. The zero-order valence-electron chi connectivity index (χ0n) is 18.5. The molecule has 0 amide bonds. The van der Waals surface area contributed by atoms with E-state index in [0.29, 0.717) is 20.6 Å². The number of esters is 1. The van der Waals surface area contributed by atoms with Gasteiger partial charge in [-0.15, -0.1) is 0 Å². The molecular weight excluding hydrogens is 422 g/mol. The Labute approximate surface area is 190 Å². The Morgan fingerprint density at radius 2 is 1.91 bits per heavy atom. The predicted octanol–water partition coefficient (Wildman–Crippen LogP) is 3.44. The third kappa shape index (κ3) is 4.03. The lowest BCUT2D eigenvalue weighted by atomic mass is 9.96. The summed E-state index contributed by atoms with van der Waals surface area (Å²) >= 11 is 1.30. The van der Waals surface area contributed by atoms with Gasteiger partial charge in [0.05, 0.1) is 23.9 Å². The van der Waals surface area contributed by atoms with Gasteiger partial charge in [0.2, 0.25) is 0 Å². The van der Waals surface area contributed by atoms with Crippen molar-refractivity contribution in [2.75, 3.05) is 11.9 Å². The summed E-state index contributed by atoms with van der Waals surface area (Å²) in [4.78, 5) is 31.4. The van der Waals surface area contributed by atoms with E-state index in [1.54, 1.807) is 24.6 Å². The highest BCUT2D eigenvalue weighted by Gasteiger charge is 2.33. The number of aromatic nitrogens is 1. The van der Waals surface area contributed by atoms with Gasteiger partial charge < -0.3 is 10.1 Å². The lowest BCUT2D eigenvalue weighted by Gasteiger charge is -2.24. The highest BCUT2D eigenvalue weighted by atomic mass is 32.1. The fourth-order valence-electron chi connectivity index (χ4n) is 3.72. The number of nitrogens with zero attached hydrogens (tertiary/aromatic N) is 2. The highest BCUT2D eigenvalue weighted by Crippen LogP contribution is 2.30. The molecule has 1 aromatic heterocycles. The number of allylic oxidation sites excluding steroid dienone is 1. The Morgan fingerprint density at radius 1 is 1.16 bits per heavy atom. The van der Waals surface area contributed by atoms with Crippen molar-refractivity contribution in [3.8, 4) is 0 Å². The van der Waals surface area contributed by atoms with Gasteiger partial charge in [-0.2, -0.15) is 0 Å². The van der Waals surface area contributed by atoms with Crippen molar-refractivity contribution in [3.05, 3.63) is 96.2 Å². The number of nitrogens with one attached hydrogen (secondary N) is 1. The molecule has 6 nitrogen and oxygen atoms in total. The minimum absolute atomic E-state index is 0.201. The Balaban J connectivity index is 1.84. The zero-order chi connectivity index (χ0) is 22.8. The molecule has 1 aliphatic rings. The molecule has 0 fully saturated rings. The molecule has 0 radical (unpaired) electrons. The van der Waals surface area contributed by atoms with Crippen molar-refractivity contribution >= 4 is 29.2 Å². The second-order valence-corrected chi connectivity index (χ2v) is 8.67. The summed E-state index contributed by atoms with van der Waals surface area (Å²) in [6, 6.07) is 15.0. The van der Waals surface area contributed by atoms with Crippen LogP contribution in [0.25, 0.3) is 6.20 Å². The maximum absolute atomic E-state index is 13.4. The first-order valence-electron chi connectivity index (χ1n) is 10.5. The molecule has 2 aromatic carbocycles. The number of hydrogen-bond donors (Lipinski definition) is 1. The number of carbonyl (C=O) groups excluding carboxylic acids is 1. The van der Waals surface area contributed by atoms with Crippen LogP contribution in [0.2, 0.25) is 0 Å². The van der Waals surface area contributed by atoms with Crippen molar-refractivity contribution in [2.45, 2.75) is 33.7 Å². The molecule has 0 saturated carbocycles. The van der Waals surface area contributed by atoms with Gasteiger partial charge in [0.1, 0.15) is 4.53 Å². The third-order valence-electron chi connectivity index (χ3n) is 5.51. The van der Waals surface area contributed by atoms with Crippen LogP contribution < -0.4 is 20.2 Å². The second kappa shape index (κ2) is 8.96. The fraction of sp³-hybridized carbons (Fsp3) is 0.240. The van der Waals surface area contributed by atoms with Crippen molar-refractivity contribution in [2.24, 2.45) is 4.99 Å². The summed E-state index contributed by atoms with van der Waals surface area (Å²) in [5.41, 5.74) is 4.87. The molecule has 4 rings (SSSR count). The minimum Gasteiger partial charge on any atom is -0.463 e. The van der Waals surface area contributed by atoms with E-state index in [2.05, 4.69) is 17.2 Å². The molecule has 1 atom stereocenters. The molecular formula is C25H25N3O3S. The molecule has 32 heavy (non-hydrogen) atoms. The standard InChI is InChI=1S/C25H25N3O3S/c1-5-31-24(30)21-17(4)27-25-28(22(21)18-9-7-6-8-10-18)23(29)20(32-25)14-26-19-12-11-15(2)16(3)13-19/h6-14,22,26H,5H2,1-4H3/b20-14-/t22-/m1/s1. The number of aryl methyl sites for hydroxylation is 2. The van der Waals surface area contributed by atoms with E-state index in [9.17, 15) is 9.59 Å². The molecule has 2 heterocycles. The number of rotatable bonds is 5. The molecule has 3 aromatic rings. The fourth-order valence-corrected chi connectivity index (χ4v) is 4.69. The van der Waals surface area contributed by atoms with E-state index in [-0.39, 0.29) is 12.2 Å². The van der Waals surface area contributed by atoms with Gasteiger partial charge in [-0.3, -0.25) is 9.36 Å². The van der Waals surface area contributed by atoms with E-state index in [1.807, 2.05) is 55.5 Å². The van der Waals surface area contributed by atoms with Crippen LogP contribution in [0, 0.1) is 13.8 Å². The van der Waals surface area contributed by atoms with E-state index in [4.69, 9.17) is 4.74 Å². The number of ether oxygens (including phenoxy) is 1. The lowest BCUT2D eigenvalue weighted by molar-refractivity contribution is -0.139. The van der Waals surface area contributed by atoms with Gasteiger partial charge in [0, 0.05) is 11.9 Å². The number of anilines is 1. The SMILES string of the molecule is CCOC(=O)C1=C(C)N=c2s/c(=C\Nc3ccc(C)c(C)c3)c(=O)n2[C@@H]1c1ccccc1. The summed E-state index contributed by atoms with van der Waals surface area (Å²) in [7, 11) is 0. The van der Waals surface area contributed by atoms with Crippen molar-refractivity contribution in [1.29, 1.82) is 0 Å². The van der Waals surface area contributed by atoms with E-state index < -0.39 is 12.0 Å². The Bertz CT molecular complexity index is 1380. The van der Waals surface area contributed by atoms with Crippen molar-refractivity contribution in [1.82, 2.24) is 4.57 Å². The van der Waals surface area contributed by atoms with Gasteiger partial charge in [0.15, 0.2) is 4.80 Å². The monoisotopic (exact) mass is 447 g/mol. The predicted molar refractivity (Wildman–Crippen MR) is 127 cm³/mol. The molecule has 0 saturated heterocycles. The van der Waals surface area contributed by atoms with E-state index in [1.165, 1.54) is 22.5 Å². The van der Waals surface area contributed by atoms with Gasteiger partial charge in [0.25, 0.3) is 5.56 Å². The van der Waals surface area contributed by atoms with Gasteiger partial charge in [-0.05, 0) is 56.5 Å². The van der Waals surface area contributed by atoms with Crippen LogP contribution in [0.1, 0.15) is 36.6 Å². The quantitative estimate of drug-likeness (QED) is 0.608. The Morgan fingerprint density at radius 3 is 2.59 bits per heavy atom. The molecule has 1 N–H and O–H groups in total. The Hall–Kier alpha value is -3.45. The first-order chi connectivity index (χ1) is 15.4. The van der Waals surface area contributed by atoms with Gasteiger partial charge in [-0.1, -0.05) is 47.7 Å². The zero-order valence-corrected chi connectivity index (χ0v) is 19.3. The van der Waals surface area contributed by atoms with Crippen LogP contribution in [-0.2, 0) is 9.53 Å². The molecule has 0 unspecified atom stereocenters. The maximum atomic E-state index is 13.4. The first-order valence-corrected chi connectivity index (χ1v) is 11.3. The summed E-state index contributed by atoms with van der Waals surface area (Å²) in [5.74, 6) is -0.454. The highest BCUT2D eigenvalue weighted by molar-refractivity contribution is 7.07. The third-order valence-corrected chi connectivity index (χ3v) is 6.49. The topological polar surface area (TPSA) is 72.7 Å². The Kier molecular flexibility index (Phi) is 6.10. The molecule has 0 spiro atoms.